The van der Waals surface area contributed by atoms with Gasteiger partial charge in [-0.15, -0.1) is 0 Å². The second-order valence-corrected chi connectivity index (χ2v) is 8.88. The maximum absolute atomic E-state index is 13.4. The van der Waals surface area contributed by atoms with Crippen LogP contribution in [0.5, 0.6) is 0 Å². The van der Waals surface area contributed by atoms with Crippen LogP contribution in [-0.4, -0.2) is 39.2 Å². The first-order valence-electron chi connectivity index (χ1n) is 11.9. The first-order valence-corrected chi connectivity index (χ1v) is 11.9. The molecule has 4 rings (SSSR count). The number of methoxy groups -OCH3 is 2. The van der Waals surface area contributed by atoms with E-state index in [0.717, 1.165) is 43.6 Å². The number of benzene rings is 2. The summed E-state index contributed by atoms with van der Waals surface area (Å²) in [6.45, 7) is 3.65. The van der Waals surface area contributed by atoms with Gasteiger partial charge in [-0.3, -0.25) is 4.90 Å². The van der Waals surface area contributed by atoms with Gasteiger partial charge in [-0.2, -0.15) is 5.26 Å². The summed E-state index contributed by atoms with van der Waals surface area (Å²) in [6.07, 6.45) is 3.25. The van der Waals surface area contributed by atoms with Gasteiger partial charge >= 0.3 is 11.9 Å². The van der Waals surface area contributed by atoms with Gasteiger partial charge in [-0.25, -0.2) is 9.59 Å². The van der Waals surface area contributed by atoms with E-state index in [2.05, 4.69) is 11.0 Å². The molecule has 0 aromatic heterocycles. The Bertz CT molecular complexity index is 1270. The number of esters is 2. The molecule has 1 fully saturated rings. The maximum Gasteiger partial charge on any atom is 0.355 e. The normalized spacial score (nSPS) is 18.1. The Kier molecular flexibility index (Phi) is 7.30. The van der Waals surface area contributed by atoms with Crippen LogP contribution in [0.2, 0.25) is 0 Å². The van der Waals surface area contributed by atoms with Crippen LogP contribution in [0.4, 0.5) is 11.4 Å². The Hall–Kier alpha value is -4.25. The fourth-order valence-corrected chi connectivity index (χ4v) is 4.98. The Morgan fingerprint density at radius 1 is 0.972 bits per heavy atom. The number of aryl methyl sites for hydroxylation is 1. The van der Waals surface area contributed by atoms with Crippen LogP contribution >= 0.6 is 0 Å². The number of carbonyl (C=O) groups is 2. The molecule has 1 unspecified atom stereocenters. The molecule has 186 valence electrons. The van der Waals surface area contributed by atoms with Crippen LogP contribution in [0.15, 0.2) is 71.2 Å². The number of hydrogen-bond donors (Lipinski definition) is 1. The van der Waals surface area contributed by atoms with Crippen LogP contribution in [0.25, 0.3) is 0 Å². The summed E-state index contributed by atoms with van der Waals surface area (Å²) in [7, 11) is 2.50. The van der Waals surface area contributed by atoms with Crippen molar-refractivity contribution < 1.29 is 19.1 Å². The van der Waals surface area contributed by atoms with Crippen molar-refractivity contribution in [2.75, 3.05) is 37.1 Å². The number of rotatable bonds is 5. The quantitative estimate of drug-likeness (QED) is 0.634. The number of nitrogens with zero attached hydrogens (tertiary/aromatic N) is 3. The number of nitriles is 1. The van der Waals surface area contributed by atoms with E-state index < -0.39 is 17.9 Å². The van der Waals surface area contributed by atoms with Crippen LogP contribution in [-0.2, 0) is 19.1 Å². The van der Waals surface area contributed by atoms with Crippen LogP contribution in [0, 0.1) is 18.3 Å². The molecule has 2 aliphatic heterocycles. The number of ether oxygens (including phenoxy) is 2. The zero-order chi connectivity index (χ0) is 25.8. The summed E-state index contributed by atoms with van der Waals surface area (Å²) in [5, 5.41) is 10.3. The third-order valence-corrected chi connectivity index (χ3v) is 6.68. The Balaban J connectivity index is 2.05. The van der Waals surface area contributed by atoms with E-state index in [0.29, 0.717) is 11.3 Å². The number of hydrogen-bond acceptors (Lipinski definition) is 8. The van der Waals surface area contributed by atoms with Crippen molar-refractivity contribution >= 4 is 23.3 Å². The number of piperidine rings is 1. The second kappa shape index (κ2) is 10.6. The van der Waals surface area contributed by atoms with E-state index in [1.54, 1.807) is 24.3 Å². The van der Waals surface area contributed by atoms with E-state index in [1.165, 1.54) is 19.1 Å². The summed E-state index contributed by atoms with van der Waals surface area (Å²) < 4.78 is 10.3. The minimum atomic E-state index is -0.891. The predicted molar refractivity (Wildman–Crippen MR) is 137 cm³/mol. The Morgan fingerprint density at radius 3 is 2.25 bits per heavy atom. The van der Waals surface area contributed by atoms with Crippen molar-refractivity contribution in [3.63, 3.8) is 0 Å². The minimum Gasteiger partial charge on any atom is -0.466 e. The summed E-state index contributed by atoms with van der Waals surface area (Å²) in [5.74, 6) is -2.30. The molecule has 0 aliphatic carbocycles. The van der Waals surface area contributed by atoms with Gasteiger partial charge < -0.3 is 20.1 Å². The van der Waals surface area contributed by atoms with Crippen molar-refractivity contribution in [1.82, 2.24) is 0 Å². The lowest BCUT2D eigenvalue weighted by Gasteiger charge is -2.39. The fourth-order valence-electron chi connectivity index (χ4n) is 4.98. The zero-order valence-electron chi connectivity index (χ0n) is 20.8. The first-order chi connectivity index (χ1) is 17.4. The smallest absolute Gasteiger partial charge is 0.355 e. The van der Waals surface area contributed by atoms with Crippen molar-refractivity contribution in [2.45, 2.75) is 32.1 Å². The lowest BCUT2D eigenvalue weighted by atomic mass is 9.81. The highest BCUT2D eigenvalue weighted by molar-refractivity contribution is 6.07. The molecule has 2 aliphatic rings. The molecule has 0 radical (unpaired) electrons. The van der Waals surface area contributed by atoms with Crippen LogP contribution < -0.4 is 15.5 Å². The van der Waals surface area contributed by atoms with E-state index >= 15 is 0 Å². The highest BCUT2D eigenvalue weighted by Gasteiger charge is 2.43. The Labute approximate surface area is 211 Å². The summed E-state index contributed by atoms with van der Waals surface area (Å²) in [5.41, 5.74) is 9.85. The predicted octanol–water partition coefficient (Wildman–Crippen LogP) is 3.88. The summed E-state index contributed by atoms with van der Waals surface area (Å²) in [6, 6.07) is 17.1. The SMILES string of the molecule is COC(=O)C1=C(C(=O)OC)N(c2cc(C)ccc2N2CCCCC2)C(N)=C(C#N)C1c1ccccc1. The van der Waals surface area contributed by atoms with Gasteiger partial charge in [-0.05, 0) is 49.4 Å². The van der Waals surface area contributed by atoms with Gasteiger partial charge in [0.15, 0.2) is 0 Å². The summed E-state index contributed by atoms with van der Waals surface area (Å²) >= 11 is 0. The molecule has 8 nitrogen and oxygen atoms in total. The van der Waals surface area contributed by atoms with Crippen molar-refractivity contribution in [3.05, 3.63) is 82.3 Å². The highest BCUT2D eigenvalue weighted by atomic mass is 16.5. The molecular formula is C28H30N4O4. The molecule has 0 bridgehead atoms. The molecular weight excluding hydrogens is 456 g/mol. The number of anilines is 2. The van der Waals surface area contributed by atoms with E-state index in [9.17, 15) is 14.9 Å². The number of carbonyl (C=O) groups excluding carboxylic acids is 2. The molecule has 8 heteroatoms. The van der Waals surface area contributed by atoms with Gasteiger partial charge in [0.05, 0.1) is 48.7 Å². The van der Waals surface area contributed by atoms with E-state index in [-0.39, 0.29) is 22.7 Å². The topological polar surface area (TPSA) is 109 Å². The molecule has 36 heavy (non-hydrogen) atoms. The number of nitrogens with two attached hydrogens (primary N) is 1. The molecule has 1 atom stereocenters. The van der Waals surface area contributed by atoms with Crippen LogP contribution in [0.1, 0.15) is 36.3 Å². The van der Waals surface area contributed by atoms with Gasteiger partial charge in [-0.1, -0.05) is 36.4 Å². The average molecular weight is 487 g/mol. The third kappa shape index (κ3) is 4.40. The maximum atomic E-state index is 13.4. The Morgan fingerprint density at radius 2 is 1.64 bits per heavy atom. The molecule has 2 aromatic carbocycles. The lowest BCUT2D eigenvalue weighted by molar-refractivity contribution is -0.139. The number of allylic oxidation sites excluding steroid dienone is 1. The molecule has 0 saturated carbocycles. The largest absolute Gasteiger partial charge is 0.466 e. The standard InChI is InChI=1S/C28H30N4O4/c1-18-12-13-21(31-14-8-5-9-15-31)22(16-18)32-25(28(34)36-3)24(27(33)35-2)23(20(17-29)26(32)30)19-10-6-4-7-11-19/h4,6-7,10-13,16,23H,5,8-9,14-15,30H2,1-3H3. The van der Waals surface area contributed by atoms with Gasteiger partial charge in [0, 0.05) is 13.1 Å². The van der Waals surface area contributed by atoms with Crippen molar-refractivity contribution in [2.24, 2.45) is 5.73 Å². The second-order valence-electron chi connectivity index (χ2n) is 8.88. The highest BCUT2D eigenvalue weighted by Crippen LogP contribution is 2.45. The fraction of sp³-hybridized carbons (Fsp3) is 0.321. The lowest BCUT2D eigenvalue weighted by Crippen LogP contribution is -2.42. The van der Waals surface area contributed by atoms with Crippen molar-refractivity contribution in [3.8, 4) is 6.07 Å². The zero-order valence-corrected chi connectivity index (χ0v) is 20.8. The monoisotopic (exact) mass is 486 g/mol. The summed E-state index contributed by atoms with van der Waals surface area (Å²) in [4.78, 5) is 30.4. The molecule has 0 amide bonds. The third-order valence-electron chi connectivity index (χ3n) is 6.68. The minimum absolute atomic E-state index is 0.00685. The van der Waals surface area contributed by atoms with Crippen LogP contribution in [0.3, 0.4) is 0 Å². The van der Waals surface area contributed by atoms with Crippen molar-refractivity contribution in [1.29, 1.82) is 5.26 Å². The first kappa shape index (κ1) is 24.9. The molecule has 2 aromatic rings. The van der Waals surface area contributed by atoms with Gasteiger partial charge in [0.1, 0.15) is 11.5 Å². The molecule has 2 heterocycles. The molecule has 0 spiro atoms. The average Bonchev–Trinajstić information content (AvgIpc) is 2.92. The van der Waals surface area contributed by atoms with E-state index in [1.807, 2.05) is 31.2 Å². The molecule has 2 N–H and O–H groups in total. The van der Waals surface area contributed by atoms with Gasteiger partial charge in [0.25, 0.3) is 0 Å². The van der Waals surface area contributed by atoms with Gasteiger partial charge in [0.2, 0.25) is 0 Å². The molecule has 1 saturated heterocycles. The van der Waals surface area contributed by atoms with E-state index in [4.69, 9.17) is 15.2 Å².